The number of Topliss-reactive ketones (excluding diaryl/α,β-unsaturated/α-hetero) is 1. The summed E-state index contributed by atoms with van der Waals surface area (Å²) in [6, 6.07) is 3.67. The van der Waals surface area contributed by atoms with Crippen LogP contribution in [0, 0.1) is 0 Å². The molecule has 0 N–H and O–H groups in total. The molecule has 0 aliphatic heterocycles. The van der Waals surface area contributed by atoms with Crippen molar-refractivity contribution in [2.75, 3.05) is 13.2 Å². The van der Waals surface area contributed by atoms with E-state index in [2.05, 4.69) is 0 Å². The molecule has 72 valence electrons. The van der Waals surface area contributed by atoms with Crippen LogP contribution >= 0.6 is 22.9 Å². The minimum absolute atomic E-state index is 0.0976. The molecule has 1 heterocycles. The van der Waals surface area contributed by atoms with Gasteiger partial charge >= 0.3 is 0 Å². The van der Waals surface area contributed by atoms with Gasteiger partial charge in [-0.2, -0.15) is 0 Å². The van der Waals surface area contributed by atoms with Crippen LogP contribution in [0.3, 0.4) is 0 Å². The second kappa shape index (κ2) is 5.37. The molecular weight excluding hydrogens is 208 g/mol. The monoisotopic (exact) mass is 218 g/mol. The van der Waals surface area contributed by atoms with Gasteiger partial charge in [-0.1, -0.05) is 11.6 Å². The van der Waals surface area contributed by atoms with E-state index in [1.807, 2.05) is 13.0 Å². The van der Waals surface area contributed by atoms with Crippen molar-refractivity contribution < 1.29 is 9.53 Å². The molecule has 1 aromatic heterocycles. The third-order valence-corrected chi connectivity index (χ3v) is 2.70. The lowest BCUT2D eigenvalue weighted by Crippen LogP contribution is -2.10. The van der Waals surface area contributed by atoms with Crippen molar-refractivity contribution >= 4 is 28.7 Å². The Morgan fingerprint density at radius 1 is 1.62 bits per heavy atom. The van der Waals surface area contributed by atoms with Gasteiger partial charge in [0.1, 0.15) is 6.61 Å². The average Bonchev–Trinajstić information content (AvgIpc) is 2.48. The highest BCUT2D eigenvalue weighted by atomic mass is 35.5. The maximum absolute atomic E-state index is 11.2. The third-order valence-electron chi connectivity index (χ3n) is 1.47. The quantitative estimate of drug-likeness (QED) is 0.759. The number of thiophene rings is 1. The topological polar surface area (TPSA) is 26.3 Å². The summed E-state index contributed by atoms with van der Waals surface area (Å²) in [6.45, 7) is 2.65. The molecule has 0 saturated heterocycles. The molecule has 0 aromatic carbocycles. The van der Waals surface area contributed by atoms with Crippen LogP contribution in [-0.4, -0.2) is 19.0 Å². The normalized spacial score (nSPS) is 10.3. The van der Waals surface area contributed by atoms with Crippen molar-refractivity contribution in [3.8, 4) is 0 Å². The predicted octanol–water partition coefficient (Wildman–Crippen LogP) is 2.55. The minimum Gasteiger partial charge on any atom is -0.374 e. The second-order valence-corrected chi connectivity index (χ2v) is 4.36. The molecule has 13 heavy (non-hydrogen) atoms. The number of halogens is 1. The molecule has 0 atom stereocenters. The van der Waals surface area contributed by atoms with E-state index in [0.717, 1.165) is 9.21 Å². The molecule has 0 aliphatic rings. The zero-order valence-electron chi connectivity index (χ0n) is 7.38. The van der Waals surface area contributed by atoms with Crippen molar-refractivity contribution in [1.29, 1.82) is 0 Å². The number of rotatable bonds is 5. The molecule has 0 radical (unpaired) electrons. The minimum atomic E-state index is 0.0976. The van der Waals surface area contributed by atoms with Crippen molar-refractivity contribution in [3.05, 3.63) is 21.3 Å². The Labute approximate surface area is 86.5 Å². The summed E-state index contributed by atoms with van der Waals surface area (Å²) in [5.74, 6) is 0.0976. The van der Waals surface area contributed by atoms with E-state index >= 15 is 0 Å². The Morgan fingerprint density at radius 3 is 2.92 bits per heavy atom. The molecule has 0 saturated carbocycles. The van der Waals surface area contributed by atoms with Crippen LogP contribution < -0.4 is 0 Å². The van der Waals surface area contributed by atoms with Gasteiger partial charge in [-0.3, -0.25) is 4.79 Å². The first-order valence-electron chi connectivity index (χ1n) is 4.06. The molecule has 0 aliphatic carbocycles. The van der Waals surface area contributed by atoms with E-state index in [1.54, 1.807) is 6.07 Å². The standard InChI is InChI=1S/C9H11ClO2S/c1-2-12-6-7(11)5-8-3-4-9(10)13-8/h3-4H,2,5-6H2,1H3. The molecule has 0 amide bonds. The summed E-state index contributed by atoms with van der Waals surface area (Å²) in [5.41, 5.74) is 0. The van der Waals surface area contributed by atoms with E-state index < -0.39 is 0 Å². The summed E-state index contributed by atoms with van der Waals surface area (Å²) in [5, 5.41) is 0. The van der Waals surface area contributed by atoms with E-state index in [-0.39, 0.29) is 12.4 Å². The van der Waals surface area contributed by atoms with Gasteiger partial charge in [-0.15, -0.1) is 11.3 Å². The van der Waals surface area contributed by atoms with Gasteiger partial charge in [0.15, 0.2) is 5.78 Å². The van der Waals surface area contributed by atoms with Gasteiger partial charge in [0.25, 0.3) is 0 Å². The molecular formula is C9H11ClO2S. The Bertz CT molecular complexity index is 283. The third kappa shape index (κ3) is 3.89. The molecule has 1 rings (SSSR count). The maximum atomic E-state index is 11.2. The van der Waals surface area contributed by atoms with Gasteiger partial charge in [0.05, 0.1) is 4.34 Å². The fraction of sp³-hybridized carbons (Fsp3) is 0.444. The average molecular weight is 219 g/mol. The van der Waals surface area contributed by atoms with Crippen LogP contribution in [0.2, 0.25) is 4.34 Å². The maximum Gasteiger partial charge on any atom is 0.163 e. The van der Waals surface area contributed by atoms with E-state index in [9.17, 15) is 4.79 Å². The Hall–Kier alpha value is -0.380. The summed E-state index contributed by atoms with van der Waals surface area (Å²) in [4.78, 5) is 12.2. The molecule has 0 bridgehead atoms. The summed E-state index contributed by atoms with van der Waals surface area (Å²) >= 11 is 7.16. The molecule has 4 heteroatoms. The van der Waals surface area contributed by atoms with Crippen LogP contribution in [0.25, 0.3) is 0 Å². The number of ether oxygens (including phenoxy) is 1. The van der Waals surface area contributed by atoms with Crippen LogP contribution in [0.5, 0.6) is 0 Å². The van der Waals surface area contributed by atoms with Crippen LogP contribution in [-0.2, 0) is 16.0 Å². The number of hydrogen-bond acceptors (Lipinski definition) is 3. The van der Waals surface area contributed by atoms with Crippen molar-refractivity contribution in [3.63, 3.8) is 0 Å². The van der Waals surface area contributed by atoms with Crippen molar-refractivity contribution in [2.24, 2.45) is 0 Å². The lowest BCUT2D eigenvalue weighted by Gasteiger charge is -1.98. The zero-order chi connectivity index (χ0) is 9.68. The Balaban J connectivity index is 2.36. The van der Waals surface area contributed by atoms with Gasteiger partial charge in [-0.25, -0.2) is 0 Å². The van der Waals surface area contributed by atoms with Crippen LogP contribution in [0.15, 0.2) is 12.1 Å². The molecule has 2 nitrogen and oxygen atoms in total. The highest BCUT2D eigenvalue weighted by Gasteiger charge is 2.05. The van der Waals surface area contributed by atoms with Gasteiger partial charge < -0.3 is 4.74 Å². The van der Waals surface area contributed by atoms with Gasteiger partial charge in [0, 0.05) is 17.9 Å². The number of ketones is 1. The largest absolute Gasteiger partial charge is 0.374 e. The highest BCUT2D eigenvalue weighted by molar-refractivity contribution is 7.16. The zero-order valence-corrected chi connectivity index (χ0v) is 8.95. The lowest BCUT2D eigenvalue weighted by molar-refractivity contribution is -0.122. The molecule has 0 unspecified atom stereocenters. The Kier molecular flexibility index (Phi) is 4.42. The van der Waals surface area contributed by atoms with Gasteiger partial charge in [0.2, 0.25) is 0 Å². The van der Waals surface area contributed by atoms with E-state index in [0.29, 0.717) is 13.0 Å². The number of hydrogen-bond donors (Lipinski definition) is 0. The molecule has 0 fully saturated rings. The van der Waals surface area contributed by atoms with Gasteiger partial charge in [-0.05, 0) is 19.1 Å². The van der Waals surface area contributed by atoms with Crippen LogP contribution in [0.1, 0.15) is 11.8 Å². The summed E-state index contributed by atoms with van der Waals surface area (Å²) < 4.78 is 5.72. The van der Waals surface area contributed by atoms with Crippen LogP contribution in [0.4, 0.5) is 0 Å². The van der Waals surface area contributed by atoms with E-state index in [1.165, 1.54) is 11.3 Å². The molecule has 0 spiro atoms. The predicted molar refractivity (Wildman–Crippen MR) is 54.5 cm³/mol. The molecule has 1 aromatic rings. The first kappa shape index (κ1) is 10.7. The van der Waals surface area contributed by atoms with E-state index in [4.69, 9.17) is 16.3 Å². The summed E-state index contributed by atoms with van der Waals surface area (Å²) in [6.07, 6.45) is 0.428. The first-order chi connectivity index (χ1) is 6.22. The SMILES string of the molecule is CCOCC(=O)Cc1ccc(Cl)s1. The number of carbonyl (C=O) groups excluding carboxylic acids is 1. The van der Waals surface area contributed by atoms with Crippen molar-refractivity contribution in [1.82, 2.24) is 0 Å². The van der Waals surface area contributed by atoms with Crippen molar-refractivity contribution in [2.45, 2.75) is 13.3 Å². The first-order valence-corrected chi connectivity index (χ1v) is 5.25. The fourth-order valence-corrected chi connectivity index (χ4v) is 2.02. The summed E-state index contributed by atoms with van der Waals surface area (Å²) in [7, 11) is 0. The highest BCUT2D eigenvalue weighted by Crippen LogP contribution is 2.21. The fourth-order valence-electron chi connectivity index (χ4n) is 0.908. The number of carbonyl (C=O) groups is 1. The lowest BCUT2D eigenvalue weighted by atomic mass is 10.2. The second-order valence-electron chi connectivity index (χ2n) is 2.56. The Morgan fingerprint density at radius 2 is 2.38 bits per heavy atom. The smallest absolute Gasteiger partial charge is 0.163 e.